The molecule has 0 bridgehead atoms. The zero-order valence-electron chi connectivity index (χ0n) is 17.6. The minimum Gasteiger partial charge on any atom is -0.370 e. The number of aromatic amines is 1. The lowest BCUT2D eigenvalue weighted by Crippen LogP contribution is -2.26. The van der Waals surface area contributed by atoms with E-state index in [4.69, 9.17) is 0 Å². The number of carbonyl (C=O) groups is 1. The molecule has 4 N–H and O–H groups in total. The molecular formula is C22H26FN7O. The van der Waals surface area contributed by atoms with Crippen LogP contribution in [0.3, 0.4) is 0 Å². The first kappa shape index (κ1) is 20.8. The summed E-state index contributed by atoms with van der Waals surface area (Å²) in [5.74, 6) is 1.24. The fraction of sp³-hybridized carbons (Fsp3) is 0.364. The highest BCUT2D eigenvalue weighted by atomic mass is 19.1. The zero-order chi connectivity index (χ0) is 21.8. The third-order valence-corrected chi connectivity index (χ3v) is 5.20. The number of nitrogens with one attached hydrogen (secondary N) is 4. The van der Waals surface area contributed by atoms with E-state index in [1.807, 2.05) is 20.0 Å². The fourth-order valence-electron chi connectivity index (χ4n) is 3.45. The van der Waals surface area contributed by atoms with Crippen LogP contribution in [0.25, 0.3) is 0 Å². The Balaban J connectivity index is 1.33. The molecule has 1 amide bonds. The number of carbonyl (C=O) groups excluding carboxylic acids is 1. The van der Waals surface area contributed by atoms with E-state index in [0.717, 1.165) is 36.3 Å². The van der Waals surface area contributed by atoms with Gasteiger partial charge in [0, 0.05) is 36.2 Å². The van der Waals surface area contributed by atoms with Gasteiger partial charge in [-0.1, -0.05) is 6.07 Å². The van der Waals surface area contributed by atoms with E-state index >= 15 is 0 Å². The number of hydrogen-bond acceptors (Lipinski definition) is 6. The maximum absolute atomic E-state index is 13.4. The number of anilines is 3. The third-order valence-electron chi connectivity index (χ3n) is 5.20. The molecule has 8 nitrogen and oxygen atoms in total. The predicted octanol–water partition coefficient (Wildman–Crippen LogP) is 3.81. The van der Waals surface area contributed by atoms with Crippen molar-refractivity contribution >= 4 is 23.4 Å². The lowest BCUT2D eigenvalue weighted by molar-refractivity contribution is 0.0952. The molecule has 0 atom stereocenters. The van der Waals surface area contributed by atoms with Gasteiger partial charge in [0.25, 0.3) is 5.91 Å². The Morgan fingerprint density at radius 2 is 2.10 bits per heavy atom. The highest BCUT2D eigenvalue weighted by molar-refractivity contribution is 5.96. The number of hydrogen-bond donors (Lipinski definition) is 4. The summed E-state index contributed by atoms with van der Waals surface area (Å²) in [7, 11) is 0. The quantitative estimate of drug-likeness (QED) is 0.390. The van der Waals surface area contributed by atoms with Crippen LogP contribution >= 0.6 is 0 Å². The van der Waals surface area contributed by atoms with Gasteiger partial charge in [-0.25, -0.2) is 9.37 Å². The van der Waals surface area contributed by atoms with Crippen LogP contribution < -0.4 is 16.0 Å². The first-order valence-electron chi connectivity index (χ1n) is 10.4. The summed E-state index contributed by atoms with van der Waals surface area (Å²) in [6.45, 7) is 4.83. The standard InChI is InChI=1S/C22H26FN7O/c1-13-19(14(2)30-29-13)21(31)25-10-4-9-24-20-18(15-7-8-15)12-26-22(28-20)27-17-6-3-5-16(23)11-17/h3,5-6,11-12,15H,4,7-10H2,1-2H3,(H,25,31)(H,29,30)(H2,24,26,27,28). The molecule has 9 heteroatoms. The van der Waals surface area contributed by atoms with E-state index in [-0.39, 0.29) is 11.7 Å². The molecule has 1 fully saturated rings. The number of nitrogens with zero attached hydrogens (tertiary/aromatic N) is 3. The van der Waals surface area contributed by atoms with E-state index in [1.165, 1.54) is 12.1 Å². The highest BCUT2D eigenvalue weighted by Gasteiger charge is 2.27. The summed E-state index contributed by atoms with van der Waals surface area (Å²) < 4.78 is 13.4. The Labute approximate surface area is 180 Å². The average molecular weight is 423 g/mol. The van der Waals surface area contributed by atoms with Crippen LogP contribution in [0.5, 0.6) is 0 Å². The number of aromatic nitrogens is 4. The number of benzene rings is 1. The molecule has 31 heavy (non-hydrogen) atoms. The molecule has 162 valence electrons. The number of halogens is 1. The van der Waals surface area contributed by atoms with Gasteiger partial charge in [-0.3, -0.25) is 9.89 Å². The molecule has 3 aromatic rings. The Hall–Kier alpha value is -3.49. The molecule has 0 aliphatic heterocycles. The summed E-state index contributed by atoms with van der Waals surface area (Å²) >= 11 is 0. The van der Waals surface area contributed by atoms with Gasteiger partial charge in [-0.15, -0.1) is 0 Å². The van der Waals surface area contributed by atoms with Gasteiger partial charge in [-0.2, -0.15) is 10.1 Å². The van der Waals surface area contributed by atoms with Crippen LogP contribution in [-0.4, -0.2) is 39.2 Å². The molecule has 1 aliphatic rings. The molecule has 0 saturated heterocycles. The van der Waals surface area contributed by atoms with Gasteiger partial charge in [0.05, 0.1) is 11.3 Å². The van der Waals surface area contributed by atoms with Crippen molar-refractivity contribution in [1.82, 2.24) is 25.5 Å². The second kappa shape index (κ2) is 9.11. The first-order chi connectivity index (χ1) is 15.0. The van der Waals surface area contributed by atoms with Crippen molar-refractivity contribution in [3.8, 4) is 0 Å². The summed E-state index contributed by atoms with van der Waals surface area (Å²) in [5.41, 5.74) is 3.76. The molecule has 4 rings (SSSR count). The highest BCUT2D eigenvalue weighted by Crippen LogP contribution is 2.42. The van der Waals surface area contributed by atoms with Gasteiger partial charge >= 0.3 is 0 Å². The Kier molecular flexibility index (Phi) is 6.11. The van der Waals surface area contributed by atoms with Crippen molar-refractivity contribution in [2.24, 2.45) is 0 Å². The van der Waals surface area contributed by atoms with Crippen LogP contribution in [0.2, 0.25) is 0 Å². The monoisotopic (exact) mass is 423 g/mol. The van der Waals surface area contributed by atoms with E-state index < -0.39 is 0 Å². The number of H-pyrrole nitrogens is 1. The molecule has 0 unspecified atom stereocenters. The minimum absolute atomic E-state index is 0.119. The third kappa shape index (κ3) is 5.17. The van der Waals surface area contributed by atoms with Crippen LogP contribution in [0.1, 0.15) is 52.5 Å². The molecule has 1 aliphatic carbocycles. The molecule has 2 aromatic heterocycles. The number of amides is 1. The second-order valence-electron chi connectivity index (χ2n) is 7.75. The molecule has 0 spiro atoms. The van der Waals surface area contributed by atoms with Gasteiger partial charge in [0.2, 0.25) is 5.95 Å². The molecule has 1 saturated carbocycles. The summed E-state index contributed by atoms with van der Waals surface area (Å²) in [6.07, 6.45) is 4.84. The van der Waals surface area contributed by atoms with Crippen LogP contribution in [0.15, 0.2) is 30.5 Å². The van der Waals surface area contributed by atoms with Crippen LogP contribution in [0, 0.1) is 19.7 Å². The first-order valence-corrected chi connectivity index (χ1v) is 10.4. The second-order valence-corrected chi connectivity index (χ2v) is 7.75. The minimum atomic E-state index is -0.319. The maximum atomic E-state index is 13.4. The van der Waals surface area contributed by atoms with E-state index in [0.29, 0.717) is 41.9 Å². The Morgan fingerprint density at radius 3 is 2.81 bits per heavy atom. The lowest BCUT2D eigenvalue weighted by atomic mass is 10.2. The molecule has 2 heterocycles. The SMILES string of the molecule is Cc1n[nH]c(C)c1C(=O)NCCCNc1nc(Nc2cccc(F)c2)ncc1C1CC1. The van der Waals surface area contributed by atoms with Gasteiger partial charge in [-0.05, 0) is 57.2 Å². The topological polar surface area (TPSA) is 108 Å². The van der Waals surface area contributed by atoms with Crippen LogP contribution in [0.4, 0.5) is 21.8 Å². The van der Waals surface area contributed by atoms with Crippen molar-refractivity contribution in [3.63, 3.8) is 0 Å². The zero-order valence-corrected chi connectivity index (χ0v) is 17.6. The maximum Gasteiger partial charge on any atom is 0.255 e. The average Bonchev–Trinajstić information content (AvgIpc) is 3.52. The summed E-state index contributed by atoms with van der Waals surface area (Å²) in [6, 6.07) is 6.19. The number of aryl methyl sites for hydroxylation is 2. The largest absolute Gasteiger partial charge is 0.370 e. The van der Waals surface area contributed by atoms with Crippen molar-refractivity contribution in [1.29, 1.82) is 0 Å². The van der Waals surface area contributed by atoms with Gasteiger partial charge in [0.1, 0.15) is 11.6 Å². The van der Waals surface area contributed by atoms with E-state index in [9.17, 15) is 9.18 Å². The van der Waals surface area contributed by atoms with Crippen molar-refractivity contribution < 1.29 is 9.18 Å². The fourth-order valence-corrected chi connectivity index (χ4v) is 3.45. The lowest BCUT2D eigenvalue weighted by Gasteiger charge is -2.13. The Bertz CT molecular complexity index is 1060. The van der Waals surface area contributed by atoms with Crippen LogP contribution in [-0.2, 0) is 0 Å². The van der Waals surface area contributed by atoms with E-state index in [2.05, 4.69) is 36.1 Å². The van der Waals surface area contributed by atoms with E-state index in [1.54, 1.807) is 12.1 Å². The van der Waals surface area contributed by atoms with Crippen molar-refractivity contribution in [3.05, 3.63) is 58.8 Å². The predicted molar refractivity (Wildman–Crippen MR) is 117 cm³/mol. The van der Waals surface area contributed by atoms with Crippen molar-refractivity contribution in [2.45, 2.75) is 39.0 Å². The molecule has 0 radical (unpaired) electrons. The van der Waals surface area contributed by atoms with Gasteiger partial charge < -0.3 is 16.0 Å². The summed E-state index contributed by atoms with van der Waals surface area (Å²) in [5, 5.41) is 16.2. The molecular weight excluding hydrogens is 397 g/mol. The normalized spacial score (nSPS) is 13.1. The number of rotatable bonds is 9. The van der Waals surface area contributed by atoms with Crippen molar-refractivity contribution in [2.75, 3.05) is 23.7 Å². The smallest absolute Gasteiger partial charge is 0.255 e. The summed E-state index contributed by atoms with van der Waals surface area (Å²) in [4.78, 5) is 21.3. The Morgan fingerprint density at radius 1 is 1.26 bits per heavy atom. The van der Waals surface area contributed by atoms with Gasteiger partial charge in [0.15, 0.2) is 0 Å². The molecule has 1 aromatic carbocycles.